The van der Waals surface area contributed by atoms with Gasteiger partial charge in [-0.25, -0.2) is 9.18 Å². The van der Waals surface area contributed by atoms with Crippen molar-refractivity contribution < 1.29 is 4.39 Å². The lowest BCUT2D eigenvalue weighted by Crippen LogP contribution is -2.39. The van der Waals surface area contributed by atoms with E-state index < -0.39 is 17.9 Å². The van der Waals surface area contributed by atoms with Crippen LogP contribution in [0.1, 0.15) is 44.7 Å². The molecule has 2 rings (SSSR count). The average molecular weight is 293 g/mol. The lowest BCUT2D eigenvalue weighted by Gasteiger charge is -2.35. The molecule has 0 amide bonds. The van der Waals surface area contributed by atoms with Crippen LogP contribution in [0.25, 0.3) is 0 Å². The van der Waals surface area contributed by atoms with Crippen LogP contribution in [0.15, 0.2) is 23.1 Å². The van der Waals surface area contributed by atoms with Gasteiger partial charge >= 0.3 is 5.69 Å². The largest absolute Gasteiger partial charge is 0.383 e. The van der Waals surface area contributed by atoms with E-state index in [-0.39, 0.29) is 17.7 Å². The first-order chi connectivity index (χ1) is 9.99. The monoisotopic (exact) mass is 293 g/mol. The lowest BCUT2D eigenvalue weighted by atomic mass is 9.76. The second-order valence-corrected chi connectivity index (χ2v) is 5.84. The predicted molar refractivity (Wildman–Crippen MR) is 82.9 cm³/mol. The molecule has 0 fully saturated rings. The summed E-state index contributed by atoms with van der Waals surface area (Å²) in [6.45, 7) is 5.89. The number of nitrogens with two attached hydrogens (primary N) is 1. The zero-order valence-electron chi connectivity index (χ0n) is 12.9. The third-order valence-corrected chi connectivity index (χ3v) is 4.43. The van der Waals surface area contributed by atoms with Crippen LogP contribution in [0, 0.1) is 18.8 Å². The molecule has 116 valence electrons. The van der Waals surface area contributed by atoms with Crippen molar-refractivity contribution in [3.8, 4) is 0 Å². The minimum absolute atomic E-state index is 0.0512. The Bertz CT molecular complexity index is 581. The maximum atomic E-state index is 14.9. The van der Waals surface area contributed by atoms with E-state index in [1.54, 1.807) is 13.1 Å². The summed E-state index contributed by atoms with van der Waals surface area (Å²) in [6, 6.07) is -0.581. The summed E-state index contributed by atoms with van der Waals surface area (Å²) < 4.78 is 16.3. The summed E-state index contributed by atoms with van der Waals surface area (Å²) in [5.41, 5.74) is 5.84. The number of aryl methyl sites for hydroxylation is 1. The zero-order chi connectivity index (χ0) is 15.6. The highest BCUT2D eigenvalue weighted by Gasteiger charge is 2.36. The molecule has 1 aliphatic carbocycles. The number of alkyl halides is 1. The second-order valence-electron chi connectivity index (χ2n) is 5.84. The highest BCUT2D eigenvalue weighted by Crippen LogP contribution is 2.37. The third-order valence-electron chi connectivity index (χ3n) is 4.43. The Labute approximate surface area is 124 Å². The van der Waals surface area contributed by atoms with Crippen molar-refractivity contribution in [3.63, 3.8) is 0 Å². The second kappa shape index (κ2) is 6.41. The molecule has 1 heterocycles. The number of rotatable bonds is 4. The molecule has 0 bridgehead atoms. The number of halogens is 1. The maximum absolute atomic E-state index is 14.9. The van der Waals surface area contributed by atoms with E-state index >= 15 is 0 Å². The summed E-state index contributed by atoms with van der Waals surface area (Å²) in [4.78, 5) is 15.8. The van der Waals surface area contributed by atoms with Crippen LogP contribution in [-0.4, -0.2) is 15.7 Å². The van der Waals surface area contributed by atoms with E-state index in [1.165, 1.54) is 4.57 Å². The Morgan fingerprint density at radius 1 is 1.38 bits per heavy atom. The van der Waals surface area contributed by atoms with Gasteiger partial charge in [0.1, 0.15) is 12.0 Å². The Hall–Kier alpha value is -1.65. The van der Waals surface area contributed by atoms with Crippen molar-refractivity contribution >= 4 is 5.82 Å². The molecule has 2 N–H and O–H groups in total. The van der Waals surface area contributed by atoms with Crippen LogP contribution >= 0.6 is 0 Å². The highest BCUT2D eigenvalue weighted by molar-refractivity contribution is 5.35. The van der Waals surface area contributed by atoms with Gasteiger partial charge in [-0.15, -0.1) is 0 Å². The van der Waals surface area contributed by atoms with Gasteiger partial charge in [0.2, 0.25) is 0 Å². The average Bonchev–Trinajstić information content (AvgIpc) is 2.44. The number of hydrogen-bond donors (Lipinski definition) is 1. The van der Waals surface area contributed by atoms with Crippen molar-refractivity contribution in [1.82, 2.24) is 9.55 Å². The van der Waals surface area contributed by atoms with Gasteiger partial charge in [-0.3, -0.25) is 4.57 Å². The third kappa shape index (κ3) is 3.01. The van der Waals surface area contributed by atoms with Gasteiger partial charge in [0.25, 0.3) is 0 Å². The minimum Gasteiger partial charge on any atom is -0.383 e. The van der Waals surface area contributed by atoms with Crippen molar-refractivity contribution in [2.24, 2.45) is 11.8 Å². The molecular formula is C16H24FN3O. The molecule has 0 aliphatic heterocycles. The number of nitrogen functional groups attached to an aromatic ring is 1. The molecule has 0 aromatic carbocycles. The SMILES string of the molecule is CCCC1C=CC(n2cc(C)c(N)nc2=O)C(F)C1CC. The molecule has 1 aromatic heterocycles. The molecule has 0 saturated carbocycles. The maximum Gasteiger partial charge on any atom is 0.350 e. The topological polar surface area (TPSA) is 60.9 Å². The Morgan fingerprint density at radius 2 is 2.10 bits per heavy atom. The predicted octanol–water partition coefficient (Wildman–Crippen LogP) is 3.03. The quantitative estimate of drug-likeness (QED) is 0.868. The summed E-state index contributed by atoms with van der Waals surface area (Å²) in [5.74, 6) is 0.414. The molecule has 4 nitrogen and oxygen atoms in total. The fraction of sp³-hybridized carbons (Fsp3) is 0.625. The lowest BCUT2D eigenvalue weighted by molar-refractivity contribution is 0.121. The first-order valence-corrected chi connectivity index (χ1v) is 7.67. The Balaban J connectivity index is 2.39. The van der Waals surface area contributed by atoms with Crippen molar-refractivity contribution in [2.45, 2.75) is 52.2 Å². The van der Waals surface area contributed by atoms with E-state index in [1.807, 2.05) is 13.0 Å². The first kappa shape index (κ1) is 15.7. The van der Waals surface area contributed by atoms with Crippen LogP contribution in [0.4, 0.5) is 10.2 Å². The highest BCUT2D eigenvalue weighted by atomic mass is 19.1. The number of nitrogens with zero attached hydrogens (tertiary/aromatic N) is 2. The standard InChI is InChI=1S/C16H24FN3O/c1-4-6-11-7-8-13(14(17)12(11)5-2)20-9-10(3)15(18)19-16(20)21/h7-9,11-14H,4-6H2,1-3H3,(H2,18,19,21). The van der Waals surface area contributed by atoms with Crippen LogP contribution in [0.5, 0.6) is 0 Å². The van der Waals surface area contributed by atoms with Gasteiger partial charge in [-0.1, -0.05) is 32.4 Å². The van der Waals surface area contributed by atoms with Gasteiger partial charge in [-0.2, -0.15) is 4.98 Å². The molecule has 1 aliphatic rings. The van der Waals surface area contributed by atoms with Crippen molar-refractivity contribution in [1.29, 1.82) is 0 Å². The normalized spacial score (nSPS) is 28.8. The molecule has 21 heavy (non-hydrogen) atoms. The fourth-order valence-corrected chi connectivity index (χ4v) is 3.21. The number of anilines is 1. The van der Waals surface area contributed by atoms with Crippen LogP contribution in [-0.2, 0) is 0 Å². The molecule has 5 heteroatoms. The van der Waals surface area contributed by atoms with Crippen molar-refractivity contribution in [3.05, 3.63) is 34.4 Å². The van der Waals surface area contributed by atoms with Crippen LogP contribution in [0.2, 0.25) is 0 Å². The molecule has 4 atom stereocenters. The zero-order valence-corrected chi connectivity index (χ0v) is 12.9. The Kier molecular flexibility index (Phi) is 4.80. The molecule has 0 spiro atoms. The summed E-state index contributed by atoms with van der Waals surface area (Å²) in [6.07, 6.45) is 7.20. The van der Waals surface area contributed by atoms with E-state index in [0.717, 1.165) is 19.3 Å². The Morgan fingerprint density at radius 3 is 2.71 bits per heavy atom. The molecule has 4 unspecified atom stereocenters. The van der Waals surface area contributed by atoms with Gasteiger partial charge in [-0.05, 0) is 31.6 Å². The molecular weight excluding hydrogens is 269 g/mol. The van der Waals surface area contributed by atoms with Gasteiger partial charge in [0, 0.05) is 11.8 Å². The van der Waals surface area contributed by atoms with Crippen LogP contribution in [0.3, 0.4) is 0 Å². The van der Waals surface area contributed by atoms with Gasteiger partial charge < -0.3 is 5.73 Å². The van der Waals surface area contributed by atoms with E-state index in [9.17, 15) is 9.18 Å². The smallest absolute Gasteiger partial charge is 0.350 e. The first-order valence-electron chi connectivity index (χ1n) is 7.67. The van der Waals surface area contributed by atoms with Gasteiger partial charge in [0.05, 0.1) is 6.04 Å². The number of aromatic nitrogens is 2. The summed E-state index contributed by atoms with van der Waals surface area (Å²) in [7, 11) is 0. The number of allylic oxidation sites excluding steroid dienone is 2. The molecule has 0 saturated heterocycles. The molecule has 1 aromatic rings. The van der Waals surface area contributed by atoms with E-state index in [4.69, 9.17) is 5.73 Å². The van der Waals surface area contributed by atoms with E-state index in [0.29, 0.717) is 5.56 Å². The fourth-order valence-electron chi connectivity index (χ4n) is 3.21. The number of hydrogen-bond acceptors (Lipinski definition) is 3. The van der Waals surface area contributed by atoms with Crippen LogP contribution < -0.4 is 11.4 Å². The summed E-state index contributed by atoms with van der Waals surface area (Å²) in [5, 5.41) is 0. The van der Waals surface area contributed by atoms with E-state index in [2.05, 4.69) is 18.0 Å². The minimum atomic E-state index is -1.07. The molecule has 0 radical (unpaired) electrons. The van der Waals surface area contributed by atoms with Gasteiger partial charge in [0.15, 0.2) is 0 Å². The van der Waals surface area contributed by atoms with Crippen molar-refractivity contribution in [2.75, 3.05) is 5.73 Å². The summed E-state index contributed by atoms with van der Waals surface area (Å²) >= 11 is 0.